The zero-order chi connectivity index (χ0) is 15.6. The van der Waals surface area contributed by atoms with Gasteiger partial charge in [0.25, 0.3) is 0 Å². The summed E-state index contributed by atoms with van der Waals surface area (Å²) in [6, 6.07) is 8.83. The second-order valence-corrected chi connectivity index (χ2v) is 8.17. The molecule has 0 N–H and O–H groups in total. The maximum Gasteiger partial charge on any atom is 0.0175 e. The first kappa shape index (κ1) is 18.0. The molecular weight excluding hydrogens is 332 g/mol. The third kappa shape index (κ3) is 6.86. The predicted octanol–water partition coefficient (Wildman–Crippen LogP) is 7.55. The molecule has 1 aliphatic rings. The molecule has 0 atom stereocenters. The van der Waals surface area contributed by atoms with Crippen LogP contribution in [0.25, 0.3) is 0 Å². The van der Waals surface area contributed by atoms with Gasteiger partial charge >= 0.3 is 0 Å². The summed E-state index contributed by atoms with van der Waals surface area (Å²) in [7, 11) is 0. The van der Waals surface area contributed by atoms with Gasteiger partial charge in [0.05, 0.1) is 0 Å². The number of benzene rings is 1. The summed E-state index contributed by atoms with van der Waals surface area (Å²) in [5.41, 5.74) is 1.49. The van der Waals surface area contributed by atoms with Crippen LogP contribution >= 0.6 is 15.9 Å². The van der Waals surface area contributed by atoms with E-state index in [1.54, 1.807) is 0 Å². The van der Waals surface area contributed by atoms with E-state index in [0.717, 1.165) is 11.8 Å². The van der Waals surface area contributed by atoms with Crippen LogP contribution in [0.2, 0.25) is 0 Å². The van der Waals surface area contributed by atoms with Crippen LogP contribution in [-0.2, 0) is 6.42 Å². The van der Waals surface area contributed by atoms with Gasteiger partial charge in [-0.1, -0.05) is 99.2 Å². The van der Waals surface area contributed by atoms with Crippen molar-refractivity contribution in [3.8, 4) is 0 Å². The third-order valence-corrected chi connectivity index (χ3v) is 5.95. The van der Waals surface area contributed by atoms with Crippen LogP contribution in [0.1, 0.15) is 83.1 Å². The fourth-order valence-corrected chi connectivity index (χ4v) is 4.17. The van der Waals surface area contributed by atoms with Gasteiger partial charge in [0.15, 0.2) is 0 Å². The minimum atomic E-state index is 1.03. The molecule has 1 heteroatoms. The molecular formula is C21H33Br. The Labute approximate surface area is 146 Å². The van der Waals surface area contributed by atoms with Gasteiger partial charge in [-0.25, -0.2) is 0 Å². The van der Waals surface area contributed by atoms with Crippen molar-refractivity contribution in [2.24, 2.45) is 11.8 Å². The summed E-state index contributed by atoms with van der Waals surface area (Å²) in [5.74, 6) is 2.10. The molecule has 1 fully saturated rings. The Morgan fingerprint density at radius 2 is 1.36 bits per heavy atom. The number of aryl methyl sites for hydroxylation is 1. The van der Waals surface area contributed by atoms with Gasteiger partial charge in [0.1, 0.15) is 0 Å². The quantitative estimate of drug-likeness (QED) is 0.396. The molecule has 124 valence electrons. The highest BCUT2D eigenvalue weighted by Gasteiger charge is 2.20. The maximum absolute atomic E-state index is 3.50. The van der Waals surface area contributed by atoms with Crippen LogP contribution < -0.4 is 0 Å². The third-order valence-electron chi connectivity index (χ3n) is 5.42. The Hall–Kier alpha value is -0.300. The molecule has 1 saturated carbocycles. The first-order chi connectivity index (χ1) is 10.8. The lowest BCUT2D eigenvalue weighted by atomic mass is 9.78. The summed E-state index contributed by atoms with van der Waals surface area (Å²) < 4.78 is 1.19. The molecule has 0 nitrogen and oxygen atoms in total. The Morgan fingerprint density at radius 3 is 1.91 bits per heavy atom. The summed E-state index contributed by atoms with van der Waals surface area (Å²) >= 11 is 3.50. The van der Waals surface area contributed by atoms with Crippen molar-refractivity contribution in [1.29, 1.82) is 0 Å². The second kappa shape index (κ2) is 10.5. The van der Waals surface area contributed by atoms with E-state index >= 15 is 0 Å². The molecule has 0 aliphatic heterocycles. The van der Waals surface area contributed by atoms with Gasteiger partial charge in [0, 0.05) is 4.47 Å². The Kier molecular flexibility index (Phi) is 8.59. The van der Waals surface area contributed by atoms with E-state index in [1.807, 2.05) is 0 Å². The molecule has 1 aliphatic carbocycles. The minimum Gasteiger partial charge on any atom is -0.0654 e. The van der Waals surface area contributed by atoms with Crippen molar-refractivity contribution in [3.05, 3.63) is 34.3 Å². The number of halogens is 1. The summed E-state index contributed by atoms with van der Waals surface area (Å²) in [6.07, 6.45) is 17.3. The molecule has 0 spiro atoms. The van der Waals surface area contributed by atoms with Crippen LogP contribution in [-0.4, -0.2) is 0 Å². The van der Waals surface area contributed by atoms with Crippen LogP contribution in [0.3, 0.4) is 0 Å². The molecule has 0 radical (unpaired) electrons. The zero-order valence-electron chi connectivity index (χ0n) is 14.3. The van der Waals surface area contributed by atoms with E-state index < -0.39 is 0 Å². The fraction of sp³-hybridized carbons (Fsp3) is 0.714. The topological polar surface area (TPSA) is 0 Å². The number of hydrogen-bond donors (Lipinski definition) is 0. The van der Waals surface area contributed by atoms with Gasteiger partial charge in [-0.05, 0) is 42.4 Å². The molecule has 2 rings (SSSR count). The molecule has 0 amide bonds. The Balaban J connectivity index is 1.52. The predicted molar refractivity (Wildman–Crippen MR) is 101 cm³/mol. The summed E-state index contributed by atoms with van der Waals surface area (Å²) in [4.78, 5) is 0. The van der Waals surface area contributed by atoms with E-state index in [1.165, 1.54) is 87.1 Å². The first-order valence-electron chi connectivity index (χ1n) is 9.52. The molecule has 1 aromatic carbocycles. The Morgan fingerprint density at radius 1 is 0.818 bits per heavy atom. The molecule has 1 aromatic rings. The van der Waals surface area contributed by atoms with Gasteiger partial charge in [-0.3, -0.25) is 0 Å². The molecule has 0 aromatic heterocycles. The molecule has 0 bridgehead atoms. The van der Waals surface area contributed by atoms with Crippen LogP contribution in [0, 0.1) is 11.8 Å². The minimum absolute atomic E-state index is 1.03. The Bertz CT molecular complexity index is 387. The monoisotopic (exact) mass is 364 g/mol. The molecule has 22 heavy (non-hydrogen) atoms. The van der Waals surface area contributed by atoms with E-state index in [9.17, 15) is 0 Å². The van der Waals surface area contributed by atoms with Gasteiger partial charge in [0.2, 0.25) is 0 Å². The van der Waals surface area contributed by atoms with Crippen molar-refractivity contribution in [2.75, 3.05) is 0 Å². The van der Waals surface area contributed by atoms with Crippen molar-refractivity contribution in [3.63, 3.8) is 0 Å². The molecule has 0 unspecified atom stereocenters. The average molecular weight is 365 g/mol. The second-order valence-electron chi connectivity index (χ2n) is 7.25. The lowest BCUT2D eigenvalue weighted by molar-refractivity contribution is 0.245. The van der Waals surface area contributed by atoms with Crippen LogP contribution in [0.4, 0.5) is 0 Å². The molecule has 0 saturated heterocycles. The van der Waals surface area contributed by atoms with Crippen molar-refractivity contribution in [1.82, 2.24) is 0 Å². The largest absolute Gasteiger partial charge is 0.0654 e. The smallest absolute Gasteiger partial charge is 0.0175 e. The summed E-state index contributed by atoms with van der Waals surface area (Å²) in [5, 5.41) is 0. The fourth-order valence-electron chi connectivity index (χ4n) is 3.91. The first-order valence-corrected chi connectivity index (χ1v) is 10.3. The van der Waals surface area contributed by atoms with Gasteiger partial charge in [-0.15, -0.1) is 0 Å². The highest BCUT2D eigenvalue weighted by molar-refractivity contribution is 9.10. The number of unbranched alkanes of at least 4 members (excludes halogenated alkanes) is 3. The van der Waals surface area contributed by atoms with Crippen molar-refractivity contribution in [2.45, 2.75) is 84.0 Å². The average Bonchev–Trinajstić information content (AvgIpc) is 2.55. The summed E-state index contributed by atoms with van der Waals surface area (Å²) in [6.45, 7) is 2.31. The molecule has 0 heterocycles. The SMILES string of the molecule is CCCCC[C@H]1CC[C@H](CCCCc2ccc(Br)cc2)CC1. The number of hydrogen-bond acceptors (Lipinski definition) is 0. The van der Waals surface area contributed by atoms with E-state index in [4.69, 9.17) is 0 Å². The van der Waals surface area contributed by atoms with E-state index in [2.05, 4.69) is 47.1 Å². The normalized spacial score (nSPS) is 21.9. The van der Waals surface area contributed by atoms with Crippen LogP contribution in [0.5, 0.6) is 0 Å². The van der Waals surface area contributed by atoms with E-state index in [0.29, 0.717) is 0 Å². The van der Waals surface area contributed by atoms with Crippen LogP contribution in [0.15, 0.2) is 28.7 Å². The lowest BCUT2D eigenvalue weighted by Gasteiger charge is -2.28. The lowest BCUT2D eigenvalue weighted by Crippen LogP contribution is -2.14. The highest BCUT2D eigenvalue weighted by atomic mass is 79.9. The van der Waals surface area contributed by atoms with Crippen molar-refractivity contribution >= 4 is 15.9 Å². The van der Waals surface area contributed by atoms with Gasteiger partial charge < -0.3 is 0 Å². The standard InChI is InChI=1S/C21H33Br/c1-2-3-4-7-18-10-12-19(13-11-18)8-5-6-9-20-14-16-21(22)17-15-20/h14-19H,2-13H2,1H3/t18-,19-. The zero-order valence-corrected chi connectivity index (χ0v) is 15.9. The van der Waals surface area contributed by atoms with Gasteiger partial charge in [-0.2, -0.15) is 0 Å². The highest BCUT2D eigenvalue weighted by Crippen LogP contribution is 2.34. The van der Waals surface area contributed by atoms with Crippen molar-refractivity contribution < 1.29 is 0 Å². The maximum atomic E-state index is 3.50. The number of rotatable bonds is 9. The van der Waals surface area contributed by atoms with E-state index in [-0.39, 0.29) is 0 Å².